The Morgan fingerprint density at radius 3 is 1.31 bits per heavy atom. The van der Waals surface area contributed by atoms with Crippen LogP contribution < -0.4 is 0 Å². The summed E-state index contributed by atoms with van der Waals surface area (Å²) in [5.74, 6) is 0.188. The van der Waals surface area contributed by atoms with Gasteiger partial charge in [-0.3, -0.25) is 11.4 Å². The van der Waals surface area contributed by atoms with Gasteiger partial charge in [0.25, 0.3) is 0 Å². The third kappa shape index (κ3) is 11.5. The Morgan fingerprint density at radius 1 is 0.686 bits per heavy atom. The Bertz CT molecular complexity index is 1880. The van der Waals surface area contributed by atoms with E-state index in [1.807, 2.05) is 12.2 Å². The number of nitrogens with zero attached hydrogens (tertiary/aromatic N) is 2. The predicted molar refractivity (Wildman–Crippen MR) is 213 cm³/mol. The van der Waals surface area contributed by atoms with E-state index in [2.05, 4.69) is 102 Å². The van der Waals surface area contributed by atoms with E-state index in [9.17, 15) is 4.79 Å². The molecule has 268 valence electrons. The number of aliphatic imine (C=N–C) groups is 2. The fraction of sp³-hybridized carbons (Fsp3) is 0.222. The van der Waals surface area contributed by atoms with Crippen molar-refractivity contribution < 1.29 is 31.5 Å². The van der Waals surface area contributed by atoms with Crippen LogP contribution in [0.15, 0.2) is 125 Å². The van der Waals surface area contributed by atoms with Crippen LogP contribution in [0.25, 0.3) is 10.8 Å². The molecule has 4 aromatic rings. The monoisotopic (exact) mass is 723 g/mol. The molecule has 0 unspecified atom stereocenters. The van der Waals surface area contributed by atoms with Gasteiger partial charge in [-0.15, -0.1) is 13.2 Å². The molecule has 5 nitrogen and oxygen atoms in total. The van der Waals surface area contributed by atoms with E-state index in [1.54, 1.807) is 13.8 Å². The van der Waals surface area contributed by atoms with Gasteiger partial charge in [0.2, 0.25) is 0 Å². The Balaban J connectivity index is 0.000000509. The second kappa shape index (κ2) is 19.4. The van der Waals surface area contributed by atoms with E-state index < -0.39 is 0 Å². The van der Waals surface area contributed by atoms with Crippen LogP contribution in [0.3, 0.4) is 0 Å². The second-order valence-corrected chi connectivity index (χ2v) is 12.7. The summed E-state index contributed by atoms with van der Waals surface area (Å²) >= 11 is 0. The normalized spacial score (nSPS) is 13.5. The molecule has 0 aromatic heterocycles. The van der Waals surface area contributed by atoms with Crippen molar-refractivity contribution in [3.8, 4) is 0 Å². The van der Waals surface area contributed by atoms with Gasteiger partial charge in [0, 0.05) is 44.8 Å². The number of allylic oxidation sites excluding steroid dienone is 7. The number of hydrogen-bond donors (Lipinski definition) is 2. The quantitative estimate of drug-likeness (QED) is 0.0474. The van der Waals surface area contributed by atoms with Crippen LogP contribution in [0, 0.1) is 34.3 Å². The van der Waals surface area contributed by atoms with Gasteiger partial charge in [0.15, 0.2) is 5.78 Å². The molecule has 0 amide bonds. The number of aryl methyl sites for hydroxylation is 4. The van der Waals surface area contributed by atoms with E-state index in [-0.39, 0.29) is 33.8 Å². The molecule has 5 rings (SSSR count). The van der Waals surface area contributed by atoms with Gasteiger partial charge in [0.1, 0.15) is 0 Å². The minimum atomic E-state index is -0.125. The number of ketones is 1. The first kappa shape index (κ1) is 42.1. The van der Waals surface area contributed by atoms with Crippen molar-refractivity contribution in [2.75, 3.05) is 0 Å². The summed E-state index contributed by atoms with van der Waals surface area (Å²) in [6.07, 6.45) is 8.28. The summed E-state index contributed by atoms with van der Waals surface area (Å²) in [6.45, 7) is 27.7. The molecule has 0 atom stereocenters. The topological polar surface area (TPSA) is 82.2 Å². The molecule has 0 bridgehead atoms. The Labute approximate surface area is 314 Å². The number of hydrogen-bond acceptors (Lipinski definition) is 5. The summed E-state index contributed by atoms with van der Waals surface area (Å²) < 4.78 is 0. The molecule has 51 heavy (non-hydrogen) atoms. The van der Waals surface area contributed by atoms with E-state index in [4.69, 9.17) is 26.8 Å². The summed E-state index contributed by atoms with van der Waals surface area (Å²) in [6, 6.07) is 21.8. The van der Waals surface area contributed by atoms with E-state index >= 15 is 0 Å². The van der Waals surface area contributed by atoms with E-state index in [0.29, 0.717) is 5.57 Å². The number of benzene rings is 4. The van der Waals surface area contributed by atoms with Crippen LogP contribution in [0.2, 0.25) is 0 Å². The summed E-state index contributed by atoms with van der Waals surface area (Å²) in [5.41, 5.74) is 14.0. The van der Waals surface area contributed by atoms with Gasteiger partial charge in [-0.2, -0.15) is 6.08 Å². The molecule has 0 spiro atoms. The number of aliphatic hydroxyl groups is 2. The molecular weight excluding hydrogens is 675 g/mol. The van der Waals surface area contributed by atoms with Crippen LogP contribution >= 0.6 is 0 Å². The largest absolute Gasteiger partial charge is 0.531 e. The summed E-state index contributed by atoms with van der Waals surface area (Å²) in [5, 5.41) is 19.3. The first-order valence-corrected chi connectivity index (χ1v) is 16.6. The van der Waals surface area contributed by atoms with Crippen molar-refractivity contribution >= 4 is 39.4 Å². The fourth-order valence-electron chi connectivity index (χ4n) is 6.08. The molecule has 2 N–H and O–H groups in total. The molecule has 6 heteroatoms. The first-order chi connectivity index (χ1) is 23.7. The SMILES string of the molecule is C=CCc1cc(C)c(N=C2C(=Nc3c(C)cc(CC=C)cc3C)c3cccc4cccc2c34)c(C)c1.CC(=O)/C=C(/C)O.[CH-]=C(C)/C=C(/C)O.[Ni]. The summed E-state index contributed by atoms with van der Waals surface area (Å²) in [4.78, 5) is 20.7. The van der Waals surface area contributed by atoms with Gasteiger partial charge in [-0.25, -0.2) is 15.6 Å². The average molecular weight is 725 g/mol. The third-order valence-electron chi connectivity index (χ3n) is 7.80. The maximum Gasteiger partial charge on any atom is 0.155 e. The molecular formula is C45H49N2NiO3-. The van der Waals surface area contributed by atoms with Crippen molar-refractivity contribution in [1.82, 2.24) is 0 Å². The van der Waals surface area contributed by atoms with Crippen LogP contribution in [-0.2, 0) is 34.1 Å². The number of carbonyl (C=O) groups excluding carboxylic acids is 1. The molecule has 0 aliphatic heterocycles. The maximum absolute atomic E-state index is 10.0. The van der Waals surface area contributed by atoms with Gasteiger partial charge < -0.3 is 10.2 Å². The van der Waals surface area contributed by atoms with Gasteiger partial charge >= 0.3 is 0 Å². The van der Waals surface area contributed by atoms with Gasteiger partial charge in [0.05, 0.1) is 28.6 Å². The molecule has 0 fully saturated rings. The van der Waals surface area contributed by atoms with Crippen molar-refractivity contribution in [1.29, 1.82) is 0 Å². The second-order valence-electron chi connectivity index (χ2n) is 12.7. The number of aliphatic hydroxyl groups excluding tert-OH is 2. The van der Waals surface area contributed by atoms with Crippen LogP contribution in [0.1, 0.15) is 72.2 Å². The summed E-state index contributed by atoms with van der Waals surface area (Å²) in [7, 11) is 0. The van der Waals surface area contributed by atoms with E-state index in [1.165, 1.54) is 70.2 Å². The van der Waals surface area contributed by atoms with Crippen LogP contribution in [-0.4, -0.2) is 27.4 Å². The zero-order chi connectivity index (χ0) is 37.1. The van der Waals surface area contributed by atoms with Gasteiger partial charge in [-0.05, 0) is 100 Å². The molecule has 0 saturated heterocycles. The Hall–Kier alpha value is -5.06. The van der Waals surface area contributed by atoms with Crippen molar-refractivity contribution in [2.45, 2.75) is 68.2 Å². The average Bonchev–Trinajstić information content (AvgIpc) is 3.30. The molecule has 4 aromatic carbocycles. The Morgan fingerprint density at radius 2 is 1.06 bits per heavy atom. The maximum atomic E-state index is 10.0. The Kier molecular flexibility index (Phi) is 16.0. The number of carbonyl (C=O) groups is 1. The van der Waals surface area contributed by atoms with Crippen LogP contribution in [0.5, 0.6) is 0 Å². The predicted octanol–water partition coefficient (Wildman–Crippen LogP) is 11.6. The fourth-order valence-corrected chi connectivity index (χ4v) is 6.08. The van der Waals surface area contributed by atoms with Crippen LogP contribution in [0.4, 0.5) is 11.4 Å². The zero-order valence-corrected chi connectivity index (χ0v) is 32.0. The van der Waals surface area contributed by atoms with Gasteiger partial charge in [-0.1, -0.05) is 79.7 Å². The minimum Gasteiger partial charge on any atom is -0.531 e. The smallest absolute Gasteiger partial charge is 0.155 e. The molecule has 0 saturated carbocycles. The van der Waals surface area contributed by atoms with Crippen molar-refractivity contribution in [3.63, 3.8) is 0 Å². The zero-order valence-electron chi connectivity index (χ0n) is 31.0. The van der Waals surface area contributed by atoms with E-state index in [0.717, 1.165) is 46.8 Å². The van der Waals surface area contributed by atoms with Crippen molar-refractivity contribution in [3.05, 3.63) is 166 Å². The first-order valence-electron chi connectivity index (χ1n) is 16.6. The standard InChI is InChI=1S/C34H32N2.C6H9O.C5H8O2.Ni/c1-7-11-25-17-21(3)31(22(4)18-25)35-33-28-15-9-13-27-14-10-16-29(30(27)28)34(33)36-32-23(5)19-26(12-8-2)20-24(32)6;1-5(2)4-6(3)7;1-4(6)3-5(2)7;/h7-10,13-20H,1-2,11-12H2,3-6H3;1,4,7H,2-3H3;3,6H,1-2H3;/q;-1;;/b;6-4-;4-3-;. The number of rotatable bonds is 8. The molecule has 1 aliphatic rings. The molecule has 0 heterocycles. The molecule has 0 radical (unpaired) electrons. The van der Waals surface area contributed by atoms with Crippen molar-refractivity contribution in [2.24, 2.45) is 9.98 Å². The molecule has 1 aliphatic carbocycles. The third-order valence-corrected chi connectivity index (χ3v) is 7.80. The minimum absolute atomic E-state index is 0.